The number of benzene rings is 2. The van der Waals surface area contributed by atoms with Crippen LogP contribution in [0.2, 0.25) is 0 Å². The molecular weight excluding hydrogens is 394 g/mol. The number of carbonyl (C=O) groups excluding carboxylic acids is 2. The molecular formula is C20H23N3O3S2. The van der Waals surface area contributed by atoms with Crippen molar-refractivity contribution in [2.24, 2.45) is 5.92 Å². The highest BCUT2D eigenvalue weighted by Gasteiger charge is 2.12. The Bertz CT molecular complexity index is 842. The van der Waals surface area contributed by atoms with Crippen LogP contribution in [0.1, 0.15) is 20.3 Å². The average Bonchev–Trinajstić information content (AvgIpc) is 2.63. The van der Waals surface area contributed by atoms with Crippen molar-refractivity contribution in [2.45, 2.75) is 30.1 Å². The molecule has 0 atom stereocenters. The van der Waals surface area contributed by atoms with Crippen LogP contribution in [-0.2, 0) is 9.53 Å². The topological polar surface area (TPSA) is 79.5 Å². The van der Waals surface area contributed by atoms with E-state index in [9.17, 15) is 9.59 Å². The summed E-state index contributed by atoms with van der Waals surface area (Å²) in [4.78, 5) is 25.7. The number of ether oxygens (including phenoxy) is 1. The second-order valence-electron chi connectivity index (χ2n) is 6.34. The summed E-state index contributed by atoms with van der Waals surface area (Å²) in [6.45, 7) is 3.96. The standard InChI is InChI=1S/C20H23N3O3S2/c1-13(2)11-18(24)21-17-12-15(28-14-7-5-4-6-8-14)9-10-16(17)22-19(27)23-20(25)26-3/h4-10,12-13H,11H2,1-3H3,(H,21,24)(H2,22,23,25,27). The van der Waals surface area contributed by atoms with Gasteiger partial charge in [0.25, 0.3) is 0 Å². The van der Waals surface area contributed by atoms with E-state index in [4.69, 9.17) is 12.2 Å². The highest BCUT2D eigenvalue weighted by Crippen LogP contribution is 2.33. The maximum Gasteiger partial charge on any atom is 0.413 e. The van der Waals surface area contributed by atoms with Crippen molar-refractivity contribution in [1.82, 2.24) is 5.32 Å². The molecule has 0 bridgehead atoms. The molecule has 28 heavy (non-hydrogen) atoms. The van der Waals surface area contributed by atoms with Gasteiger partial charge in [0.1, 0.15) is 0 Å². The quantitative estimate of drug-likeness (QED) is 0.582. The number of hydrogen-bond donors (Lipinski definition) is 3. The Morgan fingerprint density at radius 2 is 1.75 bits per heavy atom. The Hall–Kier alpha value is -2.58. The molecule has 0 saturated carbocycles. The van der Waals surface area contributed by atoms with Crippen molar-refractivity contribution in [3.8, 4) is 0 Å². The van der Waals surface area contributed by atoms with E-state index < -0.39 is 6.09 Å². The van der Waals surface area contributed by atoms with Crippen molar-refractivity contribution in [3.05, 3.63) is 48.5 Å². The molecule has 0 spiro atoms. The second-order valence-corrected chi connectivity index (χ2v) is 7.89. The number of thiocarbonyl (C=S) groups is 1. The van der Waals surface area contributed by atoms with Crippen LogP contribution >= 0.6 is 24.0 Å². The summed E-state index contributed by atoms with van der Waals surface area (Å²) < 4.78 is 4.53. The van der Waals surface area contributed by atoms with Crippen LogP contribution in [0.4, 0.5) is 16.2 Å². The molecule has 0 aliphatic rings. The van der Waals surface area contributed by atoms with Crippen LogP contribution in [0, 0.1) is 5.92 Å². The molecule has 0 radical (unpaired) electrons. The number of methoxy groups -OCH3 is 1. The minimum atomic E-state index is -0.667. The molecule has 0 aromatic heterocycles. The largest absolute Gasteiger partial charge is 0.453 e. The molecule has 0 unspecified atom stereocenters. The number of hydrogen-bond acceptors (Lipinski definition) is 5. The molecule has 0 heterocycles. The molecule has 6 nitrogen and oxygen atoms in total. The summed E-state index contributed by atoms with van der Waals surface area (Å²) in [5.74, 6) is 0.145. The lowest BCUT2D eigenvalue weighted by Crippen LogP contribution is -2.34. The molecule has 2 rings (SSSR count). The molecule has 148 valence electrons. The van der Waals surface area contributed by atoms with Crippen LogP contribution in [0.25, 0.3) is 0 Å². The minimum absolute atomic E-state index is 0.0784. The predicted octanol–water partition coefficient (Wildman–Crippen LogP) is 4.88. The number of rotatable bonds is 6. The Labute approximate surface area is 174 Å². The SMILES string of the molecule is COC(=O)NC(=S)Nc1ccc(Sc2ccccc2)cc1NC(=O)CC(C)C. The van der Waals surface area contributed by atoms with E-state index >= 15 is 0 Å². The van der Waals surface area contributed by atoms with Crippen molar-refractivity contribution >= 4 is 52.5 Å². The van der Waals surface area contributed by atoms with Crippen molar-refractivity contribution in [1.29, 1.82) is 0 Å². The van der Waals surface area contributed by atoms with E-state index in [-0.39, 0.29) is 16.9 Å². The number of amides is 2. The normalized spacial score (nSPS) is 10.3. The molecule has 0 fully saturated rings. The zero-order chi connectivity index (χ0) is 20.5. The van der Waals surface area contributed by atoms with Gasteiger partial charge in [-0.25, -0.2) is 4.79 Å². The van der Waals surface area contributed by atoms with E-state index in [1.54, 1.807) is 11.8 Å². The fraction of sp³-hybridized carbons (Fsp3) is 0.250. The van der Waals surface area contributed by atoms with Gasteiger partial charge in [0.05, 0.1) is 18.5 Å². The summed E-state index contributed by atoms with van der Waals surface area (Å²) in [5.41, 5.74) is 1.16. The Balaban J connectivity index is 2.22. The molecule has 0 aliphatic heterocycles. The smallest absolute Gasteiger partial charge is 0.413 e. The van der Waals surface area contributed by atoms with E-state index in [0.717, 1.165) is 9.79 Å². The van der Waals surface area contributed by atoms with Crippen LogP contribution in [0.3, 0.4) is 0 Å². The maximum atomic E-state index is 12.3. The van der Waals surface area contributed by atoms with E-state index in [0.29, 0.717) is 17.8 Å². The molecule has 2 aromatic carbocycles. The third kappa shape index (κ3) is 7.21. The molecule has 0 saturated heterocycles. The summed E-state index contributed by atoms with van der Waals surface area (Å²) in [5, 5.41) is 8.31. The van der Waals surface area contributed by atoms with E-state index in [2.05, 4.69) is 20.7 Å². The van der Waals surface area contributed by atoms with Gasteiger partial charge in [-0.05, 0) is 48.5 Å². The average molecular weight is 418 g/mol. The van der Waals surface area contributed by atoms with Gasteiger partial charge in [-0.3, -0.25) is 10.1 Å². The first-order valence-electron chi connectivity index (χ1n) is 8.70. The van der Waals surface area contributed by atoms with Gasteiger partial charge >= 0.3 is 6.09 Å². The lowest BCUT2D eigenvalue weighted by molar-refractivity contribution is -0.116. The maximum absolute atomic E-state index is 12.3. The number of anilines is 2. The minimum Gasteiger partial charge on any atom is -0.453 e. The van der Waals surface area contributed by atoms with Gasteiger partial charge in [-0.15, -0.1) is 0 Å². The molecule has 8 heteroatoms. The first kappa shape index (κ1) is 21.7. The Morgan fingerprint density at radius 3 is 2.39 bits per heavy atom. The van der Waals surface area contributed by atoms with E-state index in [1.165, 1.54) is 7.11 Å². The highest BCUT2D eigenvalue weighted by atomic mass is 32.2. The first-order valence-corrected chi connectivity index (χ1v) is 9.92. The van der Waals surface area contributed by atoms with Gasteiger partial charge in [0.2, 0.25) is 5.91 Å². The van der Waals surface area contributed by atoms with E-state index in [1.807, 2.05) is 62.4 Å². The van der Waals surface area contributed by atoms with Crippen LogP contribution < -0.4 is 16.0 Å². The summed E-state index contributed by atoms with van der Waals surface area (Å²) in [6.07, 6.45) is -0.264. The molecule has 3 N–H and O–H groups in total. The van der Waals surface area contributed by atoms with Crippen molar-refractivity contribution < 1.29 is 14.3 Å². The molecule has 0 aliphatic carbocycles. The molecule has 2 amide bonds. The summed E-state index contributed by atoms with van der Waals surface area (Å²) >= 11 is 6.70. The third-order valence-corrected chi connectivity index (χ3v) is 4.69. The van der Waals surface area contributed by atoms with Crippen molar-refractivity contribution in [2.75, 3.05) is 17.7 Å². The van der Waals surface area contributed by atoms with Crippen LogP contribution in [-0.4, -0.2) is 24.2 Å². The lowest BCUT2D eigenvalue weighted by Gasteiger charge is -2.16. The van der Waals surface area contributed by atoms with Gasteiger partial charge < -0.3 is 15.4 Å². The van der Waals surface area contributed by atoms with Crippen molar-refractivity contribution in [3.63, 3.8) is 0 Å². The van der Waals surface area contributed by atoms with Gasteiger partial charge in [0, 0.05) is 16.2 Å². The zero-order valence-electron chi connectivity index (χ0n) is 15.9. The fourth-order valence-electron chi connectivity index (χ4n) is 2.29. The number of nitrogens with one attached hydrogen (secondary N) is 3. The Kier molecular flexibility index (Phi) is 8.28. The second kappa shape index (κ2) is 10.7. The summed E-state index contributed by atoms with van der Waals surface area (Å²) in [7, 11) is 1.26. The third-order valence-electron chi connectivity index (χ3n) is 3.49. The zero-order valence-corrected chi connectivity index (χ0v) is 17.6. The highest BCUT2D eigenvalue weighted by molar-refractivity contribution is 7.99. The predicted molar refractivity (Wildman–Crippen MR) is 117 cm³/mol. The fourth-order valence-corrected chi connectivity index (χ4v) is 3.36. The van der Waals surface area contributed by atoms with Gasteiger partial charge in [0.15, 0.2) is 5.11 Å². The number of carbonyl (C=O) groups is 2. The monoisotopic (exact) mass is 417 g/mol. The van der Waals surface area contributed by atoms with Crippen LogP contribution in [0.15, 0.2) is 58.3 Å². The van der Waals surface area contributed by atoms with Crippen LogP contribution in [0.5, 0.6) is 0 Å². The summed E-state index contributed by atoms with van der Waals surface area (Å²) in [6, 6.07) is 15.5. The first-order chi connectivity index (χ1) is 13.4. The van der Waals surface area contributed by atoms with Gasteiger partial charge in [-0.2, -0.15) is 0 Å². The Morgan fingerprint density at radius 1 is 1.04 bits per heavy atom. The lowest BCUT2D eigenvalue weighted by atomic mass is 10.1. The number of alkyl carbamates (subject to hydrolysis) is 1. The van der Waals surface area contributed by atoms with Gasteiger partial charge in [-0.1, -0.05) is 43.8 Å². The molecule has 2 aromatic rings.